The summed E-state index contributed by atoms with van der Waals surface area (Å²) in [5.74, 6) is 0. The number of hydrogen-bond acceptors (Lipinski definition) is 2. The van der Waals surface area contributed by atoms with E-state index >= 15 is 0 Å². The Balaban J connectivity index is 2.12. The number of aromatic nitrogens is 1. The molecule has 0 aromatic carbocycles. The van der Waals surface area contributed by atoms with Crippen LogP contribution >= 0.6 is 15.9 Å². The van der Waals surface area contributed by atoms with E-state index in [2.05, 4.69) is 32.3 Å². The Morgan fingerprint density at radius 3 is 3.07 bits per heavy atom. The van der Waals surface area contributed by atoms with E-state index in [1.807, 2.05) is 12.4 Å². The van der Waals surface area contributed by atoms with Gasteiger partial charge in [-0.15, -0.1) is 0 Å². The van der Waals surface area contributed by atoms with Crippen LogP contribution in [0, 0.1) is 0 Å². The fourth-order valence-corrected chi connectivity index (χ4v) is 2.31. The van der Waals surface area contributed by atoms with Crippen LogP contribution in [0.2, 0.25) is 0 Å². The molecule has 76 valence electrons. The number of halogens is 1. The molecular weight excluding hydrogens is 240 g/mol. The van der Waals surface area contributed by atoms with E-state index in [0.29, 0.717) is 6.04 Å². The summed E-state index contributed by atoms with van der Waals surface area (Å²) in [5.41, 5.74) is 1.31. The first-order valence-electron chi connectivity index (χ1n) is 5.20. The van der Waals surface area contributed by atoms with E-state index in [-0.39, 0.29) is 0 Å². The molecule has 2 rings (SSSR count). The first kappa shape index (κ1) is 10.1. The van der Waals surface area contributed by atoms with E-state index in [0.717, 1.165) is 11.0 Å². The van der Waals surface area contributed by atoms with Gasteiger partial charge in [-0.1, -0.05) is 12.8 Å². The van der Waals surface area contributed by atoms with E-state index in [1.54, 1.807) is 0 Å². The molecule has 0 saturated carbocycles. The van der Waals surface area contributed by atoms with Crippen LogP contribution in [0.15, 0.2) is 22.9 Å². The fourth-order valence-electron chi connectivity index (χ4n) is 1.93. The average molecular weight is 255 g/mol. The quantitative estimate of drug-likeness (QED) is 0.834. The summed E-state index contributed by atoms with van der Waals surface area (Å²) in [5, 5.41) is 3.56. The maximum atomic E-state index is 4.20. The molecule has 1 aliphatic rings. The third kappa shape index (κ3) is 2.55. The minimum atomic E-state index is 0.502. The van der Waals surface area contributed by atoms with Crippen molar-refractivity contribution in [2.45, 2.75) is 31.7 Å². The molecule has 1 N–H and O–H groups in total. The molecule has 0 spiro atoms. The molecule has 0 amide bonds. The van der Waals surface area contributed by atoms with Gasteiger partial charge in [0.25, 0.3) is 0 Å². The fraction of sp³-hybridized carbons (Fsp3) is 0.545. The second-order valence-corrected chi connectivity index (χ2v) is 4.71. The summed E-state index contributed by atoms with van der Waals surface area (Å²) in [7, 11) is 0. The molecular formula is C11H15BrN2. The van der Waals surface area contributed by atoms with Crippen molar-refractivity contribution in [2.24, 2.45) is 0 Å². The molecule has 1 fully saturated rings. The molecule has 14 heavy (non-hydrogen) atoms. The number of pyridine rings is 1. The standard InChI is InChI=1S/C11H15BrN2/c12-10-6-9(7-13-8-10)11-4-2-1-3-5-14-11/h6-8,11,14H,1-5H2. The number of hydrogen-bond donors (Lipinski definition) is 1. The Labute approximate surface area is 93.3 Å². The van der Waals surface area contributed by atoms with Gasteiger partial charge in [0, 0.05) is 22.9 Å². The Kier molecular flexibility index (Phi) is 3.54. The Morgan fingerprint density at radius 1 is 1.29 bits per heavy atom. The van der Waals surface area contributed by atoms with Crippen molar-refractivity contribution in [1.82, 2.24) is 10.3 Å². The lowest BCUT2D eigenvalue weighted by atomic mass is 10.0. The molecule has 1 aromatic rings. The lowest BCUT2D eigenvalue weighted by Crippen LogP contribution is -2.20. The molecule has 0 radical (unpaired) electrons. The zero-order valence-electron chi connectivity index (χ0n) is 8.17. The van der Waals surface area contributed by atoms with E-state index in [9.17, 15) is 0 Å². The Bertz CT molecular complexity index is 293. The van der Waals surface area contributed by atoms with Crippen LogP contribution in [0.5, 0.6) is 0 Å². The molecule has 0 aliphatic carbocycles. The minimum absolute atomic E-state index is 0.502. The van der Waals surface area contributed by atoms with Gasteiger partial charge in [-0.2, -0.15) is 0 Å². The van der Waals surface area contributed by atoms with Gasteiger partial charge in [0.15, 0.2) is 0 Å². The maximum Gasteiger partial charge on any atom is 0.0410 e. The van der Waals surface area contributed by atoms with Crippen molar-refractivity contribution >= 4 is 15.9 Å². The Hall–Kier alpha value is -0.410. The van der Waals surface area contributed by atoms with Crippen LogP contribution in [0.1, 0.15) is 37.3 Å². The monoisotopic (exact) mass is 254 g/mol. The van der Waals surface area contributed by atoms with Gasteiger partial charge in [0.1, 0.15) is 0 Å². The second-order valence-electron chi connectivity index (χ2n) is 3.79. The molecule has 1 atom stereocenters. The van der Waals surface area contributed by atoms with Gasteiger partial charge >= 0.3 is 0 Å². The molecule has 0 bridgehead atoms. The third-order valence-electron chi connectivity index (χ3n) is 2.69. The maximum absolute atomic E-state index is 4.20. The first-order chi connectivity index (χ1) is 6.86. The second kappa shape index (κ2) is 4.89. The van der Waals surface area contributed by atoms with Crippen molar-refractivity contribution in [1.29, 1.82) is 0 Å². The normalized spacial score (nSPS) is 23.1. The van der Waals surface area contributed by atoms with Crippen LogP contribution in [-0.2, 0) is 0 Å². The highest BCUT2D eigenvalue weighted by Crippen LogP contribution is 2.23. The number of nitrogens with one attached hydrogen (secondary N) is 1. The Morgan fingerprint density at radius 2 is 2.21 bits per heavy atom. The number of nitrogens with zero attached hydrogens (tertiary/aromatic N) is 1. The van der Waals surface area contributed by atoms with Gasteiger partial charge in [0.2, 0.25) is 0 Å². The highest BCUT2D eigenvalue weighted by molar-refractivity contribution is 9.10. The summed E-state index contributed by atoms with van der Waals surface area (Å²) >= 11 is 3.46. The molecule has 1 aromatic heterocycles. The first-order valence-corrected chi connectivity index (χ1v) is 5.99. The summed E-state index contributed by atoms with van der Waals surface area (Å²) in [6.45, 7) is 1.14. The summed E-state index contributed by atoms with van der Waals surface area (Å²) < 4.78 is 1.07. The minimum Gasteiger partial charge on any atom is -0.310 e. The van der Waals surface area contributed by atoms with Crippen molar-refractivity contribution in [2.75, 3.05) is 6.54 Å². The van der Waals surface area contributed by atoms with Crippen LogP contribution in [0.4, 0.5) is 0 Å². The molecule has 2 nitrogen and oxygen atoms in total. The van der Waals surface area contributed by atoms with Crippen LogP contribution in [0.3, 0.4) is 0 Å². The molecule has 1 unspecified atom stereocenters. The van der Waals surface area contributed by atoms with Gasteiger partial charge < -0.3 is 5.32 Å². The van der Waals surface area contributed by atoms with Crippen molar-refractivity contribution < 1.29 is 0 Å². The number of rotatable bonds is 1. The summed E-state index contributed by atoms with van der Waals surface area (Å²) in [6, 6.07) is 2.66. The van der Waals surface area contributed by atoms with Crippen molar-refractivity contribution in [3.05, 3.63) is 28.5 Å². The van der Waals surface area contributed by atoms with Gasteiger partial charge in [-0.05, 0) is 46.9 Å². The lowest BCUT2D eigenvalue weighted by Gasteiger charge is -2.15. The lowest BCUT2D eigenvalue weighted by molar-refractivity contribution is 0.533. The molecule has 3 heteroatoms. The van der Waals surface area contributed by atoms with Gasteiger partial charge in [-0.25, -0.2) is 0 Å². The molecule has 1 saturated heterocycles. The smallest absolute Gasteiger partial charge is 0.0410 e. The molecule has 1 aliphatic heterocycles. The van der Waals surface area contributed by atoms with Crippen molar-refractivity contribution in [3.63, 3.8) is 0 Å². The van der Waals surface area contributed by atoms with Crippen LogP contribution in [0.25, 0.3) is 0 Å². The van der Waals surface area contributed by atoms with Gasteiger partial charge in [0.05, 0.1) is 0 Å². The summed E-state index contributed by atoms with van der Waals surface area (Å²) in [6.07, 6.45) is 9.01. The van der Waals surface area contributed by atoms with Crippen LogP contribution < -0.4 is 5.32 Å². The highest BCUT2D eigenvalue weighted by Gasteiger charge is 2.13. The SMILES string of the molecule is Brc1cncc(C2CCCCCN2)c1. The predicted octanol–water partition coefficient (Wildman–Crippen LogP) is 3.05. The van der Waals surface area contributed by atoms with E-state index in [1.165, 1.54) is 31.2 Å². The van der Waals surface area contributed by atoms with Crippen LogP contribution in [-0.4, -0.2) is 11.5 Å². The molecule has 2 heterocycles. The highest BCUT2D eigenvalue weighted by atomic mass is 79.9. The zero-order valence-corrected chi connectivity index (χ0v) is 9.76. The topological polar surface area (TPSA) is 24.9 Å². The van der Waals surface area contributed by atoms with Crippen molar-refractivity contribution in [3.8, 4) is 0 Å². The van der Waals surface area contributed by atoms with Gasteiger partial charge in [-0.3, -0.25) is 4.98 Å². The van der Waals surface area contributed by atoms with E-state index < -0.39 is 0 Å². The zero-order chi connectivity index (χ0) is 9.80. The predicted molar refractivity (Wildman–Crippen MR) is 61.1 cm³/mol. The largest absolute Gasteiger partial charge is 0.310 e. The van der Waals surface area contributed by atoms with E-state index in [4.69, 9.17) is 0 Å². The summed E-state index contributed by atoms with van der Waals surface area (Å²) in [4.78, 5) is 4.20. The third-order valence-corrected chi connectivity index (χ3v) is 3.12. The average Bonchev–Trinajstić information content (AvgIpc) is 2.45.